The lowest BCUT2D eigenvalue weighted by atomic mass is 10.1. The Morgan fingerprint density at radius 1 is 0.815 bits per heavy atom. The Balaban J connectivity index is 1.44. The van der Waals surface area contributed by atoms with Crippen molar-refractivity contribution in [2.24, 2.45) is 0 Å². The van der Waals surface area contributed by atoms with Crippen molar-refractivity contribution in [3.05, 3.63) is 71.0 Å². The molecule has 0 spiro atoms. The summed E-state index contributed by atoms with van der Waals surface area (Å²) in [6.07, 6.45) is 3.33. The van der Waals surface area contributed by atoms with E-state index in [9.17, 15) is 14.0 Å². The predicted molar refractivity (Wildman–Crippen MR) is 102 cm³/mol. The minimum atomic E-state index is -0.301. The van der Waals surface area contributed by atoms with Crippen LogP contribution in [0.5, 0.6) is 0 Å². The van der Waals surface area contributed by atoms with Gasteiger partial charge in [0, 0.05) is 31.7 Å². The fourth-order valence-corrected chi connectivity index (χ4v) is 3.07. The standard InChI is InChI=1S/C21H24FN3O2/c22-19-10-6-17(7-11-19)15-24-21(27)23-14-16-4-8-18(9-5-16)20(26)25-12-2-1-3-13-25/h4-11H,1-3,12-15H2,(H2,23,24,27). The molecule has 0 bridgehead atoms. The van der Waals surface area contributed by atoms with Crippen LogP contribution in [0.15, 0.2) is 48.5 Å². The smallest absolute Gasteiger partial charge is 0.315 e. The maximum absolute atomic E-state index is 12.9. The summed E-state index contributed by atoms with van der Waals surface area (Å²) in [5, 5.41) is 5.50. The third-order valence-corrected chi connectivity index (χ3v) is 4.66. The van der Waals surface area contributed by atoms with E-state index < -0.39 is 0 Å². The molecule has 3 amide bonds. The Bertz CT molecular complexity index is 769. The summed E-state index contributed by atoms with van der Waals surface area (Å²) in [5.41, 5.74) is 2.43. The van der Waals surface area contributed by atoms with Crippen molar-refractivity contribution in [3.8, 4) is 0 Å². The van der Waals surface area contributed by atoms with E-state index in [1.807, 2.05) is 29.2 Å². The molecule has 1 heterocycles. The van der Waals surface area contributed by atoms with E-state index in [0.717, 1.165) is 37.1 Å². The number of piperidine rings is 1. The van der Waals surface area contributed by atoms with Crippen LogP contribution in [0.3, 0.4) is 0 Å². The van der Waals surface area contributed by atoms with Gasteiger partial charge in [0.25, 0.3) is 5.91 Å². The predicted octanol–water partition coefficient (Wildman–Crippen LogP) is 3.45. The molecule has 0 radical (unpaired) electrons. The zero-order chi connectivity index (χ0) is 19.1. The Hall–Kier alpha value is -2.89. The molecule has 1 aliphatic rings. The highest BCUT2D eigenvalue weighted by Gasteiger charge is 2.17. The second-order valence-corrected chi connectivity index (χ2v) is 6.71. The van der Waals surface area contributed by atoms with Crippen LogP contribution in [0.1, 0.15) is 40.7 Å². The van der Waals surface area contributed by atoms with E-state index in [1.165, 1.54) is 18.6 Å². The van der Waals surface area contributed by atoms with Gasteiger partial charge in [0.15, 0.2) is 0 Å². The van der Waals surface area contributed by atoms with Gasteiger partial charge in [-0.05, 0) is 54.7 Å². The first-order valence-corrected chi connectivity index (χ1v) is 9.26. The van der Waals surface area contributed by atoms with Gasteiger partial charge in [0.2, 0.25) is 0 Å². The maximum Gasteiger partial charge on any atom is 0.315 e. The number of nitrogens with one attached hydrogen (secondary N) is 2. The van der Waals surface area contributed by atoms with Crippen molar-refractivity contribution < 1.29 is 14.0 Å². The highest BCUT2D eigenvalue weighted by molar-refractivity contribution is 5.94. The van der Waals surface area contributed by atoms with Crippen LogP contribution in [0, 0.1) is 5.82 Å². The Labute approximate surface area is 158 Å². The second-order valence-electron chi connectivity index (χ2n) is 6.71. The van der Waals surface area contributed by atoms with E-state index in [-0.39, 0.29) is 17.8 Å². The fraction of sp³-hybridized carbons (Fsp3) is 0.333. The SMILES string of the molecule is O=C(NCc1ccc(F)cc1)NCc1ccc(C(=O)N2CCCCC2)cc1. The number of likely N-dealkylation sites (tertiary alicyclic amines) is 1. The van der Waals surface area contributed by atoms with Crippen molar-refractivity contribution in [1.29, 1.82) is 0 Å². The van der Waals surface area contributed by atoms with Gasteiger partial charge in [-0.15, -0.1) is 0 Å². The Morgan fingerprint density at radius 3 is 1.89 bits per heavy atom. The number of carbonyl (C=O) groups excluding carboxylic acids is 2. The highest BCUT2D eigenvalue weighted by Crippen LogP contribution is 2.14. The van der Waals surface area contributed by atoms with Crippen LogP contribution >= 0.6 is 0 Å². The van der Waals surface area contributed by atoms with Crippen molar-refractivity contribution in [2.75, 3.05) is 13.1 Å². The molecule has 1 fully saturated rings. The van der Waals surface area contributed by atoms with Crippen molar-refractivity contribution in [3.63, 3.8) is 0 Å². The third kappa shape index (κ3) is 5.54. The number of amides is 3. The topological polar surface area (TPSA) is 61.4 Å². The summed E-state index contributed by atoms with van der Waals surface area (Å²) in [6, 6.07) is 13.0. The molecular weight excluding hydrogens is 345 g/mol. The normalized spacial score (nSPS) is 13.9. The van der Waals surface area contributed by atoms with Crippen LogP contribution in [0.2, 0.25) is 0 Å². The molecule has 0 aliphatic carbocycles. The van der Waals surface area contributed by atoms with Gasteiger partial charge in [-0.3, -0.25) is 4.79 Å². The second kappa shape index (κ2) is 9.16. The van der Waals surface area contributed by atoms with Gasteiger partial charge >= 0.3 is 6.03 Å². The van der Waals surface area contributed by atoms with Gasteiger partial charge in [-0.1, -0.05) is 24.3 Å². The van der Waals surface area contributed by atoms with E-state index in [4.69, 9.17) is 0 Å². The Kier molecular flexibility index (Phi) is 6.41. The molecule has 0 aromatic heterocycles. The number of nitrogens with zero attached hydrogens (tertiary/aromatic N) is 1. The fourth-order valence-electron chi connectivity index (χ4n) is 3.07. The lowest BCUT2D eigenvalue weighted by Crippen LogP contribution is -2.35. The lowest BCUT2D eigenvalue weighted by Gasteiger charge is -2.26. The molecule has 5 nitrogen and oxygen atoms in total. The van der Waals surface area contributed by atoms with Crippen molar-refractivity contribution >= 4 is 11.9 Å². The van der Waals surface area contributed by atoms with Crippen LogP contribution in [-0.2, 0) is 13.1 Å². The monoisotopic (exact) mass is 369 g/mol. The van der Waals surface area contributed by atoms with Gasteiger partial charge in [0.05, 0.1) is 0 Å². The van der Waals surface area contributed by atoms with Crippen molar-refractivity contribution in [1.82, 2.24) is 15.5 Å². The molecule has 2 N–H and O–H groups in total. The van der Waals surface area contributed by atoms with E-state index in [2.05, 4.69) is 10.6 Å². The largest absolute Gasteiger partial charge is 0.339 e. The quantitative estimate of drug-likeness (QED) is 0.848. The minimum absolute atomic E-state index is 0.0752. The summed E-state index contributed by atoms with van der Waals surface area (Å²) in [7, 11) is 0. The molecule has 1 aliphatic heterocycles. The van der Waals surface area contributed by atoms with E-state index in [0.29, 0.717) is 18.7 Å². The molecule has 0 saturated carbocycles. The van der Waals surface area contributed by atoms with Gasteiger partial charge in [0.1, 0.15) is 5.82 Å². The van der Waals surface area contributed by atoms with Gasteiger partial charge < -0.3 is 15.5 Å². The average molecular weight is 369 g/mol. The third-order valence-electron chi connectivity index (χ3n) is 4.66. The minimum Gasteiger partial charge on any atom is -0.339 e. The number of benzene rings is 2. The lowest BCUT2D eigenvalue weighted by molar-refractivity contribution is 0.0724. The highest BCUT2D eigenvalue weighted by atomic mass is 19.1. The maximum atomic E-state index is 12.9. The summed E-state index contributed by atoms with van der Waals surface area (Å²) in [5.74, 6) is -0.225. The summed E-state index contributed by atoms with van der Waals surface area (Å²) >= 11 is 0. The van der Waals surface area contributed by atoms with Crippen LogP contribution < -0.4 is 10.6 Å². The van der Waals surface area contributed by atoms with E-state index >= 15 is 0 Å². The first-order valence-electron chi connectivity index (χ1n) is 9.26. The number of urea groups is 1. The number of hydrogen-bond acceptors (Lipinski definition) is 2. The summed E-state index contributed by atoms with van der Waals surface area (Å²) in [4.78, 5) is 26.2. The molecule has 2 aromatic rings. The van der Waals surface area contributed by atoms with Gasteiger partial charge in [-0.2, -0.15) is 0 Å². The van der Waals surface area contributed by atoms with E-state index in [1.54, 1.807) is 12.1 Å². The van der Waals surface area contributed by atoms with Crippen molar-refractivity contribution in [2.45, 2.75) is 32.4 Å². The van der Waals surface area contributed by atoms with Crippen LogP contribution in [-0.4, -0.2) is 29.9 Å². The van der Waals surface area contributed by atoms with Crippen LogP contribution in [0.25, 0.3) is 0 Å². The molecule has 27 heavy (non-hydrogen) atoms. The molecule has 3 rings (SSSR count). The molecule has 0 unspecified atom stereocenters. The summed E-state index contributed by atoms with van der Waals surface area (Å²) in [6.45, 7) is 2.36. The summed E-state index contributed by atoms with van der Waals surface area (Å²) < 4.78 is 12.9. The first kappa shape index (κ1) is 18.9. The number of halogens is 1. The first-order chi connectivity index (χ1) is 13.1. The molecular formula is C21H24FN3O2. The molecule has 6 heteroatoms. The molecule has 0 atom stereocenters. The molecule has 1 saturated heterocycles. The average Bonchev–Trinajstić information content (AvgIpc) is 2.72. The number of carbonyl (C=O) groups is 2. The number of hydrogen-bond donors (Lipinski definition) is 2. The molecule has 142 valence electrons. The number of rotatable bonds is 5. The van der Waals surface area contributed by atoms with Gasteiger partial charge in [-0.25, -0.2) is 9.18 Å². The van der Waals surface area contributed by atoms with Crippen LogP contribution in [0.4, 0.5) is 9.18 Å². The molecule has 2 aromatic carbocycles. The zero-order valence-corrected chi connectivity index (χ0v) is 15.2. The zero-order valence-electron chi connectivity index (χ0n) is 15.2. The Morgan fingerprint density at radius 2 is 1.33 bits per heavy atom.